The Morgan fingerprint density at radius 1 is 1.29 bits per heavy atom. The molecule has 0 saturated heterocycles. The van der Waals surface area contributed by atoms with Gasteiger partial charge in [-0.1, -0.05) is 29.8 Å². The lowest BCUT2D eigenvalue weighted by molar-refractivity contribution is 0.147. The van der Waals surface area contributed by atoms with Crippen LogP contribution < -0.4 is 0 Å². The quantitative estimate of drug-likeness (QED) is 0.595. The van der Waals surface area contributed by atoms with Crippen molar-refractivity contribution in [1.29, 1.82) is 0 Å². The van der Waals surface area contributed by atoms with Crippen LogP contribution in [0.25, 0.3) is 0 Å². The number of likely N-dealkylation sites (N-methyl/N-ethyl adjacent to an activating group) is 1. The summed E-state index contributed by atoms with van der Waals surface area (Å²) in [6, 6.07) is 0. The van der Waals surface area contributed by atoms with Crippen LogP contribution in [0.2, 0.25) is 0 Å². The summed E-state index contributed by atoms with van der Waals surface area (Å²) in [5.74, 6) is 0.825. The van der Waals surface area contributed by atoms with E-state index in [1.807, 2.05) is 0 Å². The molecule has 0 rings (SSSR count). The number of rotatable bonds is 9. The molecule has 3 heteroatoms. The summed E-state index contributed by atoms with van der Waals surface area (Å²) in [5, 5.41) is 1.12. The van der Waals surface area contributed by atoms with Crippen molar-refractivity contribution in [2.45, 2.75) is 26.7 Å². The highest BCUT2D eigenvalue weighted by atomic mass is 79.9. The molecule has 0 heterocycles. The second-order valence-corrected chi connectivity index (χ2v) is 4.59. The lowest BCUT2D eigenvalue weighted by atomic mass is 10.1. The Labute approximate surface area is 97.1 Å². The van der Waals surface area contributed by atoms with Gasteiger partial charge in [-0.15, -0.1) is 0 Å². The Morgan fingerprint density at radius 3 is 2.50 bits per heavy atom. The van der Waals surface area contributed by atoms with E-state index in [0.29, 0.717) is 0 Å². The zero-order valence-electron chi connectivity index (χ0n) is 9.76. The van der Waals surface area contributed by atoms with Crippen LogP contribution in [0.4, 0.5) is 0 Å². The summed E-state index contributed by atoms with van der Waals surface area (Å²) in [5.41, 5.74) is 0. The van der Waals surface area contributed by atoms with Gasteiger partial charge in [-0.25, -0.2) is 0 Å². The molecule has 0 aromatic carbocycles. The number of hydrogen-bond donors (Lipinski definition) is 0. The molecule has 0 radical (unpaired) electrons. The van der Waals surface area contributed by atoms with Gasteiger partial charge >= 0.3 is 0 Å². The van der Waals surface area contributed by atoms with Crippen molar-refractivity contribution in [3.8, 4) is 0 Å². The number of halogens is 1. The molecule has 0 amide bonds. The smallest absolute Gasteiger partial charge is 0.0589 e. The Hall–Kier alpha value is 0.400. The molecule has 0 aliphatic rings. The van der Waals surface area contributed by atoms with Gasteiger partial charge in [0.1, 0.15) is 0 Å². The molecule has 0 saturated carbocycles. The van der Waals surface area contributed by atoms with E-state index in [9.17, 15) is 0 Å². The van der Waals surface area contributed by atoms with Gasteiger partial charge in [-0.05, 0) is 31.8 Å². The molecular weight excluding hydrogens is 242 g/mol. The predicted octanol–water partition coefficient (Wildman–Crippen LogP) is 2.77. The number of alkyl halides is 1. The number of nitrogens with zero attached hydrogens (tertiary/aromatic N) is 1. The van der Waals surface area contributed by atoms with Gasteiger partial charge in [-0.2, -0.15) is 0 Å². The normalized spacial score (nSPS) is 13.5. The summed E-state index contributed by atoms with van der Waals surface area (Å²) < 4.78 is 5.08. The summed E-state index contributed by atoms with van der Waals surface area (Å²) in [7, 11) is 1.77. The SMILES string of the molecule is CCN(CCOC)CCC(C)CCBr. The molecular formula is C11H24BrNO. The molecule has 1 unspecified atom stereocenters. The van der Waals surface area contributed by atoms with Crippen LogP contribution in [0.15, 0.2) is 0 Å². The van der Waals surface area contributed by atoms with Crippen molar-refractivity contribution in [2.24, 2.45) is 5.92 Å². The van der Waals surface area contributed by atoms with Gasteiger partial charge < -0.3 is 9.64 Å². The molecule has 0 fully saturated rings. The molecule has 0 aromatic rings. The van der Waals surface area contributed by atoms with E-state index in [1.165, 1.54) is 19.4 Å². The first-order valence-corrected chi connectivity index (χ1v) is 6.64. The van der Waals surface area contributed by atoms with Gasteiger partial charge in [0.2, 0.25) is 0 Å². The zero-order chi connectivity index (χ0) is 10.8. The van der Waals surface area contributed by atoms with Gasteiger partial charge in [0.05, 0.1) is 6.61 Å². The van der Waals surface area contributed by atoms with Crippen LogP contribution in [-0.2, 0) is 4.74 Å². The fourth-order valence-corrected chi connectivity index (χ4v) is 2.16. The molecule has 0 aliphatic carbocycles. The lowest BCUT2D eigenvalue weighted by Gasteiger charge is -2.21. The summed E-state index contributed by atoms with van der Waals surface area (Å²) in [6.07, 6.45) is 2.57. The van der Waals surface area contributed by atoms with E-state index in [4.69, 9.17) is 4.74 Å². The molecule has 0 aromatic heterocycles. The molecule has 1 atom stereocenters. The molecule has 0 N–H and O–H groups in total. The minimum absolute atomic E-state index is 0.825. The topological polar surface area (TPSA) is 12.5 Å². The van der Waals surface area contributed by atoms with Crippen LogP contribution in [-0.4, -0.2) is 43.6 Å². The van der Waals surface area contributed by atoms with Crippen molar-refractivity contribution >= 4 is 15.9 Å². The van der Waals surface area contributed by atoms with Crippen LogP contribution in [0, 0.1) is 5.92 Å². The van der Waals surface area contributed by atoms with Gasteiger partial charge in [0.15, 0.2) is 0 Å². The highest BCUT2D eigenvalue weighted by molar-refractivity contribution is 9.09. The van der Waals surface area contributed by atoms with Crippen LogP contribution in [0.5, 0.6) is 0 Å². The third kappa shape index (κ3) is 7.77. The Morgan fingerprint density at radius 2 is 2.00 bits per heavy atom. The van der Waals surface area contributed by atoms with Gasteiger partial charge in [-0.3, -0.25) is 0 Å². The zero-order valence-corrected chi connectivity index (χ0v) is 11.3. The standard InChI is InChI=1S/C11H24BrNO/c1-4-13(9-10-14-3)8-6-11(2)5-7-12/h11H,4-10H2,1-3H3. The van der Waals surface area contributed by atoms with E-state index in [1.54, 1.807) is 7.11 Å². The van der Waals surface area contributed by atoms with Crippen LogP contribution in [0.1, 0.15) is 26.7 Å². The Bertz CT molecular complexity index is 122. The highest BCUT2D eigenvalue weighted by Crippen LogP contribution is 2.09. The number of methoxy groups -OCH3 is 1. The highest BCUT2D eigenvalue weighted by Gasteiger charge is 2.05. The second-order valence-electron chi connectivity index (χ2n) is 3.80. The first-order valence-electron chi connectivity index (χ1n) is 5.51. The molecule has 0 spiro atoms. The van der Waals surface area contributed by atoms with E-state index in [-0.39, 0.29) is 0 Å². The monoisotopic (exact) mass is 265 g/mol. The maximum Gasteiger partial charge on any atom is 0.0589 e. The van der Waals surface area contributed by atoms with Crippen LogP contribution in [0.3, 0.4) is 0 Å². The van der Waals surface area contributed by atoms with E-state index in [2.05, 4.69) is 34.7 Å². The van der Waals surface area contributed by atoms with Crippen molar-refractivity contribution in [2.75, 3.05) is 38.7 Å². The van der Waals surface area contributed by atoms with Crippen molar-refractivity contribution < 1.29 is 4.74 Å². The van der Waals surface area contributed by atoms with E-state index in [0.717, 1.165) is 30.9 Å². The fourth-order valence-electron chi connectivity index (χ4n) is 1.38. The van der Waals surface area contributed by atoms with Gasteiger partial charge in [0, 0.05) is 19.0 Å². The third-order valence-electron chi connectivity index (χ3n) is 2.60. The van der Waals surface area contributed by atoms with E-state index >= 15 is 0 Å². The largest absolute Gasteiger partial charge is 0.383 e. The second kappa shape index (κ2) is 9.94. The van der Waals surface area contributed by atoms with E-state index < -0.39 is 0 Å². The summed E-state index contributed by atoms with van der Waals surface area (Å²) in [6.45, 7) is 8.78. The minimum Gasteiger partial charge on any atom is -0.383 e. The maximum absolute atomic E-state index is 5.08. The first kappa shape index (κ1) is 14.4. The molecule has 86 valence electrons. The first-order chi connectivity index (χ1) is 6.74. The minimum atomic E-state index is 0.825. The fraction of sp³-hybridized carbons (Fsp3) is 1.00. The summed E-state index contributed by atoms with van der Waals surface area (Å²) in [4.78, 5) is 2.45. The predicted molar refractivity (Wildman–Crippen MR) is 66.2 cm³/mol. The van der Waals surface area contributed by atoms with Crippen LogP contribution >= 0.6 is 15.9 Å². The molecule has 2 nitrogen and oxygen atoms in total. The average Bonchev–Trinajstić information content (AvgIpc) is 2.19. The maximum atomic E-state index is 5.08. The Kier molecular flexibility index (Phi) is 10.2. The average molecular weight is 266 g/mol. The third-order valence-corrected chi connectivity index (χ3v) is 3.06. The van der Waals surface area contributed by atoms with Crippen molar-refractivity contribution in [1.82, 2.24) is 4.90 Å². The van der Waals surface area contributed by atoms with Gasteiger partial charge in [0.25, 0.3) is 0 Å². The van der Waals surface area contributed by atoms with Crippen molar-refractivity contribution in [3.05, 3.63) is 0 Å². The molecule has 14 heavy (non-hydrogen) atoms. The van der Waals surface area contributed by atoms with Crippen molar-refractivity contribution in [3.63, 3.8) is 0 Å². The number of hydrogen-bond acceptors (Lipinski definition) is 2. The number of ether oxygens (including phenoxy) is 1. The molecule has 0 bridgehead atoms. The Balaban J connectivity index is 3.50. The summed E-state index contributed by atoms with van der Waals surface area (Å²) >= 11 is 3.48. The molecule has 0 aliphatic heterocycles. The lowest BCUT2D eigenvalue weighted by Crippen LogP contribution is -2.29.